The maximum Gasteiger partial charge on any atom is 0.162 e. The van der Waals surface area contributed by atoms with E-state index in [-0.39, 0.29) is 0 Å². The highest BCUT2D eigenvalue weighted by Crippen LogP contribution is 2.38. The first kappa shape index (κ1) is 23.8. The molecule has 9 rings (SSSR count). The molecule has 200 valence electrons. The zero-order chi connectivity index (χ0) is 28.3. The Labute approximate surface area is 247 Å². The molecular formula is C39H24N4. The highest BCUT2D eigenvalue weighted by Gasteiger charge is 2.19. The first-order valence-corrected chi connectivity index (χ1v) is 14.4. The Morgan fingerprint density at radius 1 is 0.419 bits per heavy atom. The molecule has 0 bridgehead atoms. The topological polar surface area (TPSA) is 43.6 Å². The fraction of sp³-hybridized carbons (Fsp3) is 0. The van der Waals surface area contributed by atoms with E-state index >= 15 is 0 Å². The van der Waals surface area contributed by atoms with Crippen LogP contribution in [0.5, 0.6) is 0 Å². The summed E-state index contributed by atoms with van der Waals surface area (Å²) in [5, 5.41) is 6.91. The summed E-state index contributed by atoms with van der Waals surface area (Å²) in [7, 11) is 0. The summed E-state index contributed by atoms with van der Waals surface area (Å²) in [4.78, 5) is 14.9. The lowest BCUT2D eigenvalue weighted by atomic mass is 10.0. The van der Waals surface area contributed by atoms with Gasteiger partial charge in [0.05, 0.1) is 22.1 Å². The first-order chi connectivity index (χ1) is 21.3. The Hall–Kier alpha value is -5.87. The normalized spacial score (nSPS) is 11.7. The molecule has 0 aliphatic rings. The van der Waals surface area contributed by atoms with E-state index in [9.17, 15) is 0 Å². The van der Waals surface area contributed by atoms with Crippen LogP contribution in [0.4, 0.5) is 0 Å². The third kappa shape index (κ3) is 3.81. The lowest BCUT2D eigenvalue weighted by molar-refractivity contribution is 1.08. The molecular weight excluding hydrogens is 524 g/mol. The van der Waals surface area contributed by atoms with Crippen molar-refractivity contribution in [2.45, 2.75) is 0 Å². The molecule has 0 aliphatic carbocycles. The van der Waals surface area contributed by atoms with Crippen molar-refractivity contribution in [3.05, 3.63) is 146 Å². The van der Waals surface area contributed by atoms with Crippen molar-refractivity contribution < 1.29 is 0 Å². The number of rotatable bonds is 3. The molecule has 0 N–H and O–H groups in total. The molecule has 9 aromatic rings. The first-order valence-electron chi connectivity index (χ1n) is 14.4. The van der Waals surface area contributed by atoms with Crippen molar-refractivity contribution in [2.24, 2.45) is 0 Å². The Kier molecular flexibility index (Phi) is 5.16. The van der Waals surface area contributed by atoms with Crippen molar-refractivity contribution >= 4 is 54.4 Å². The van der Waals surface area contributed by atoms with E-state index < -0.39 is 0 Å². The van der Waals surface area contributed by atoms with E-state index in [2.05, 4.69) is 137 Å². The van der Waals surface area contributed by atoms with Gasteiger partial charge in [0, 0.05) is 33.3 Å². The average Bonchev–Trinajstić information content (AvgIpc) is 3.39. The zero-order valence-corrected chi connectivity index (χ0v) is 23.1. The summed E-state index contributed by atoms with van der Waals surface area (Å²) < 4.78 is 2.32. The van der Waals surface area contributed by atoms with Gasteiger partial charge in [0.25, 0.3) is 0 Å². The van der Waals surface area contributed by atoms with Gasteiger partial charge in [0.1, 0.15) is 5.82 Å². The van der Waals surface area contributed by atoms with Gasteiger partial charge in [0.15, 0.2) is 5.82 Å². The molecule has 0 aliphatic heterocycles. The van der Waals surface area contributed by atoms with Gasteiger partial charge in [-0.2, -0.15) is 0 Å². The van der Waals surface area contributed by atoms with Crippen LogP contribution in [0.2, 0.25) is 0 Å². The number of pyridine rings is 1. The van der Waals surface area contributed by atoms with Crippen LogP contribution >= 0.6 is 0 Å². The van der Waals surface area contributed by atoms with Crippen molar-refractivity contribution in [1.29, 1.82) is 0 Å². The molecule has 0 saturated carbocycles. The van der Waals surface area contributed by atoms with Crippen molar-refractivity contribution in [3.63, 3.8) is 0 Å². The Morgan fingerprint density at radius 2 is 1.16 bits per heavy atom. The van der Waals surface area contributed by atoms with E-state index in [4.69, 9.17) is 9.97 Å². The summed E-state index contributed by atoms with van der Waals surface area (Å²) in [6.07, 6.45) is 1.82. The quantitative estimate of drug-likeness (QED) is 0.221. The van der Waals surface area contributed by atoms with Crippen LogP contribution in [0.1, 0.15) is 0 Å². The van der Waals surface area contributed by atoms with E-state index in [1.54, 1.807) is 0 Å². The second kappa shape index (κ2) is 9.33. The summed E-state index contributed by atoms with van der Waals surface area (Å²) in [6, 6.07) is 49.1. The average molecular weight is 549 g/mol. The number of fused-ring (bicyclic) bond motifs is 6. The lowest BCUT2D eigenvalue weighted by Gasteiger charge is -2.13. The molecule has 0 fully saturated rings. The number of hydrogen-bond donors (Lipinski definition) is 0. The number of benzene rings is 6. The SMILES string of the molecule is c1ccc(-c2ccc3c(c2)c2cc4ccccc4cc2n3-c2nc(-c3ccc4cccnc4c3)nc3ccccc23)cc1. The second-order valence-electron chi connectivity index (χ2n) is 10.9. The molecule has 0 spiro atoms. The molecule has 0 saturated heterocycles. The maximum atomic E-state index is 5.31. The predicted octanol–water partition coefficient (Wildman–Crippen LogP) is 9.76. The summed E-state index contributed by atoms with van der Waals surface area (Å²) in [5.74, 6) is 1.54. The van der Waals surface area contributed by atoms with Crippen molar-refractivity contribution in [2.75, 3.05) is 0 Å². The van der Waals surface area contributed by atoms with E-state index in [1.807, 2.05) is 18.3 Å². The van der Waals surface area contributed by atoms with Crippen LogP contribution in [0.25, 0.3) is 82.7 Å². The predicted molar refractivity (Wildman–Crippen MR) is 178 cm³/mol. The molecule has 43 heavy (non-hydrogen) atoms. The van der Waals surface area contributed by atoms with Crippen molar-refractivity contribution in [1.82, 2.24) is 19.5 Å². The van der Waals surface area contributed by atoms with Gasteiger partial charge in [-0.1, -0.05) is 91.0 Å². The van der Waals surface area contributed by atoms with Crippen LogP contribution < -0.4 is 0 Å². The van der Waals surface area contributed by atoms with Crippen LogP contribution in [-0.4, -0.2) is 19.5 Å². The molecule has 0 unspecified atom stereocenters. The van der Waals surface area contributed by atoms with Crippen molar-refractivity contribution in [3.8, 4) is 28.3 Å². The van der Waals surface area contributed by atoms with Gasteiger partial charge >= 0.3 is 0 Å². The molecule has 4 heteroatoms. The van der Waals surface area contributed by atoms with Crippen LogP contribution in [0.15, 0.2) is 146 Å². The van der Waals surface area contributed by atoms with Crippen LogP contribution in [0.3, 0.4) is 0 Å². The smallest absolute Gasteiger partial charge is 0.162 e. The second-order valence-corrected chi connectivity index (χ2v) is 10.9. The third-order valence-corrected chi connectivity index (χ3v) is 8.40. The van der Waals surface area contributed by atoms with E-state index in [0.717, 1.165) is 44.2 Å². The minimum Gasteiger partial charge on any atom is -0.293 e. The Morgan fingerprint density at radius 3 is 2.07 bits per heavy atom. The van der Waals surface area contributed by atoms with E-state index in [0.29, 0.717) is 5.82 Å². The molecule has 4 nitrogen and oxygen atoms in total. The fourth-order valence-corrected chi connectivity index (χ4v) is 6.31. The summed E-state index contributed by atoms with van der Waals surface area (Å²) in [5.41, 5.74) is 7.39. The zero-order valence-electron chi connectivity index (χ0n) is 23.1. The van der Waals surface area contributed by atoms with E-state index in [1.165, 1.54) is 32.7 Å². The van der Waals surface area contributed by atoms with Gasteiger partial charge in [-0.05, 0) is 70.4 Å². The fourth-order valence-electron chi connectivity index (χ4n) is 6.31. The van der Waals surface area contributed by atoms with Gasteiger partial charge in [-0.3, -0.25) is 9.55 Å². The Balaban J connectivity index is 1.38. The molecule has 0 atom stereocenters. The highest BCUT2D eigenvalue weighted by molar-refractivity contribution is 6.15. The maximum absolute atomic E-state index is 5.31. The summed E-state index contributed by atoms with van der Waals surface area (Å²) in [6.45, 7) is 0. The lowest BCUT2D eigenvalue weighted by Crippen LogP contribution is -2.02. The molecule has 0 amide bonds. The summed E-state index contributed by atoms with van der Waals surface area (Å²) >= 11 is 0. The van der Waals surface area contributed by atoms with Gasteiger partial charge in [0.2, 0.25) is 0 Å². The standard InChI is InChI=1S/C39H24N4/c1-2-9-25(10-3-1)29-18-19-36-32(22-29)33-21-27-11-4-5-12-28(27)24-37(33)43(36)39-31-14-6-7-15-34(31)41-38(42-39)30-17-16-26-13-8-20-40-35(26)23-30/h1-24H. The molecule has 3 aromatic heterocycles. The molecule has 6 aromatic carbocycles. The number of para-hydroxylation sites is 1. The van der Waals surface area contributed by atoms with Crippen LogP contribution in [-0.2, 0) is 0 Å². The monoisotopic (exact) mass is 548 g/mol. The molecule has 0 radical (unpaired) electrons. The van der Waals surface area contributed by atoms with Gasteiger partial charge in [-0.15, -0.1) is 0 Å². The largest absolute Gasteiger partial charge is 0.293 e. The number of hydrogen-bond acceptors (Lipinski definition) is 3. The van der Waals surface area contributed by atoms with Gasteiger partial charge in [-0.25, -0.2) is 9.97 Å². The molecule has 3 heterocycles. The van der Waals surface area contributed by atoms with Gasteiger partial charge < -0.3 is 0 Å². The third-order valence-electron chi connectivity index (χ3n) is 8.40. The Bertz CT molecular complexity index is 2510. The van der Waals surface area contributed by atoms with Crippen LogP contribution in [0, 0.1) is 0 Å². The minimum atomic E-state index is 0.679. The number of aromatic nitrogens is 4. The highest BCUT2D eigenvalue weighted by atomic mass is 15.1. The number of nitrogens with zero attached hydrogens (tertiary/aromatic N) is 4. The minimum absolute atomic E-state index is 0.679.